The van der Waals surface area contributed by atoms with Crippen LogP contribution in [-0.2, 0) is 0 Å². The van der Waals surface area contributed by atoms with E-state index in [-0.39, 0.29) is 11.4 Å². The van der Waals surface area contributed by atoms with Gasteiger partial charge in [-0.15, -0.1) is 0 Å². The number of anilines is 1. The van der Waals surface area contributed by atoms with Gasteiger partial charge < -0.3 is 5.11 Å². The Morgan fingerprint density at radius 3 is 2.55 bits per heavy atom. The van der Waals surface area contributed by atoms with Crippen LogP contribution in [0.1, 0.15) is 18.1 Å². The van der Waals surface area contributed by atoms with Gasteiger partial charge in [0.05, 0.1) is 16.8 Å². The van der Waals surface area contributed by atoms with E-state index >= 15 is 0 Å². The third-order valence-electron chi connectivity index (χ3n) is 3.17. The summed E-state index contributed by atoms with van der Waals surface area (Å²) >= 11 is 0. The zero-order chi connectivity index (χ0) is 16.1. The van der Waals surface area contributed by atoms with Crippen molar-refractivity contribution in [2.24, 2.45) is 5.10 Å². The maximum absolute atomic E-state index is 10.8. The molecule has 0 radical (unpaired) electrons. The first-order valence-corrected chi connectivity index (χ1v) is 6.87. The van der Waals surface area contributed by atoms with Gasteiger partial charge in [-0.05, 0) is 38.1 Å². The number of hydrogen-bond donors (Lipinski definition) is 1. The minimum Gasteiger partial charge on any atom is -0.502 e. The number of aromatic hydroxyl groups is 1. The van der Waals surface area contributed by atoms with Gasteiger partial charge >= 0.3 is 5.69 Å². The SMILES string of the molecule is CCN(/N=C/c1ccc(O)c([N+](=O)[O-])c1)c1ccc(C)cc1. The summed E-state index contributed by atoms with van der Waals surface area (Å²) in [5, 5.41) is 26.4. The smallest absolute Gasteiger partial charge is 0.311 e. The molecule has 0 saturated carbocycles. The molecule has 0 bridgehead atoms. The summed E-state index contributed by atoms with van der Waals surface area (Å²) in [7, 11) is 0. The lowest BCUT2D eigenvalue weighted by Crippen LogP contribution is -2.15. The molecule has 0 aliphatic carbocycles. The monoisotopic (exact) mass is 299 g/mol. The summed E-state index contributed by atoms with van der Waals surface area (Å²) in [6.07, 6.45) is 1.54. The van der Waals surface area contributed by atoms with Crippen molar-refractivity contribution >= 4 is 17.6 Å². The Balaban J connectivity index is 2.24. The average Bonchev–Trinajstić information content (AvgIpc) is 2.50. The largest absolute Gasteiger partial charge is 0.502 e. The van der Waals surface area contributed by atoms with E-state index in [0.717, 1.165) is 11.3 Å². The van der Waals surface area contributed by atoms with Crippen molar-refractivity contribution in [2.45, 2.75) is 13.8 Å². The fraction of sp³-hybridized carbons (Fsp3) is 0.188. The lowest BCUT2D eigenvalue weighted by atomic mass is 10.2. The van der Waals surface area contributed by atoms with Gasteiger partial charge in [-0.25, -0.2) is 0 Å². The van der Waals surface area contributed by atoms with E-state index in [9.17, 15) is 15.2 Å². The Kier molecular flexibility index (Phi) is 4.73. The summed E-state index contributed by atoms with van der Waals surface area (Å²) in [6, 6.07) is 12.1. The Morgan fingerprint density at radius 1 is 1.27 bits per heavy atom. The van der Waals surface area contributed by atoms with Gasteiger partial charge in [0.2, 0.25) is 0 Å². The molecule has 2 rings (SSSR count). The lowest BCUT2D eigenvalue weighted by molar-refractivity contribution is -0.385. The Morgan fingerprint density at radius 2 is 1.95 bits per heavy atom. The maximum Gasteiger partial charge on any atom is 0.311 e. The van der Waals surface area contributed by atoms with Crippen LogP contribution in [-0.4, -0.2) is 22.8 Å². The van der Waals surface area contributed by atoms with Gasteiger partial charge in [0, 0.05) is 18.2 Å². The van der Waals surface area contributed by atoms with Gasteiger partial charge in [-0.1, -0.05) is 17.7 Å². The quantitative estimate of drug-likeness (QED) is 0.521. The molecule has 2 aromatic carbocycles. The van der Waals surface area contributed by atoms with Crippen LogP contribution in [0.25, 0.3) is 0 Å². The van der Waals surface area contributed by atoms with Crippen LogP contribution >= 0.6 is 0 Å². The van der Waals surface area contributed by atoms with Gasteiger partial charge in [0.15, 0.2) is 5.75 Å². The van der Waals surface area contributed by atoms with E-state index < -0.39 is 4.92 Å². The van der Waals surface area contributed by atoms with E-state index in [1.54, 1.807) is 11.1 Å². The Bertz CT molecular complexity index is 696. The molecular formula is C16H17N3O3. The van der Waals surface area contributed by atoms with E-state index in [0.29, 0.717) is 12.1 Å². The molecule has 114 valence electrons. The topological polar surface area (TPSA) is 79.0 Å². The molecule has 6 nitrogen and oxygen atoms in total. The minimum absolute atomic E-state index is 0.331. The van der Waals surface area contributed by atoms with E-state index in [1.165, 1.54) is 18.3 Å². The first-order valence-electron chi connectivity index (χ1n) is 6.87. The molecule has 6 heteroatoms. The second kappa shape index (κ2) is 6.71. The molecule has 0 fully saturated rings. The van der Waals surface area contributed by atoms with Crippen molar-refractivity contribution in [3.8, 4) is 5.75 Å². The predicted molar refractivity (Wildman–Crippen MR) is 86.6 cm³/mol. The molecule has 0 heterocycles. The van der Waals surface area contributed by atoms with Crippen LogP contribution < -0.4 is 5.01 Å². The van der Waals surface area contributed by atoms with Crippen LogP contribution in [0.2, 0.25) is 0 Å². The van der Waals surface area contributed by atoms with Crippen molar-refractivity contribution in [3.63, 3.8) is 0 Å². The van der Waals surface area contributed by atoms with Crippen molar-refractivity contribution in [1.82, 2.24) is 0 Å². The number of nitro groups is 1. The molecule has 0 aliphatic heterocycles. The lowest BCUT2D eigenvalue weighted by Gasteiger charge is -2.16. The molecule has 0 saturated heterocycles. The minimum atomic E-state index is -0.621. The van der Waals surface area contributed by atoms with Crippen LogP contribution in [0, 0.1) is 17.0 Å². The standard InChI is InChI=1S/C16H17N3O3/c1-3-18(14-7-4-12(2)5-8-14)17-11-13-6-9-16(20)15(10-13)19(21)22/h4-11,20H,3H2,1-2H3/b17-11+. The molecular weight excluding hydrogens is 282 g/mol. The first-order chi connectivity index (χ1) is 10.5. The summed E-state index contributed by atoms with van der Waals surface area (Å²) in [5.74, 6) is -0.354. The highest BCUT2D eigenvalue weighted by Gasteiger charge is 2.12. The fourth-order valence-corrected chi connectivity index (χ4v) is 1.95. The highest BCUT2D eigenvalue weighted by Crippen LogP contribution is 2.25. The molecule has 2 aromatic rings. The predicted octanol–water partition coefficient (Wildman–Crippen LogP) is 3.47. The molecule has 0 amide bonds. The maximum atomic E-state index is 10.8. The second-order valence-corrected chi connectivity index (χ2v) is 4.80. The molecule has 0 aromatic heterocycles. The molecule has 0 unspecified atom stereocenters. The number of nitrogens with zero attached hydrogens (tertiary/aromatic N) is 3. The van der Waals surface area contributed by atoms with Crippen LogP contribution in [0.3, 0.4) is 0 Å². The summed E-state index contributed by atoms with van der Waals surface area (Å²) < 4.78 is 0. The van der Waals surface area contributed by atoms with Crippen molar-refractivity contribution in [1.29, 1.82) is 0 Å². The average molecular weight is 299 g/mol. The van der Waals surface area contributed by atoms with Crippen LogP contribution in [0.15, 0.2) is 47.6 Å². The summed E-state index contributed by atoms with van der Waals surface area (Å²) in [6.45, 7) is 4.65. The van der Waals surface area contributed by atoms with E-state index in [2.05, 4.69) is 5.10 Å². The number of phenolic OH excluding ortho intramolecular Hbond substituents is 1. The number of hydrazone groups is 1. The molecule has 22 heavy (non-hydrogen) atoms. The number of aryl methyl sites for hydroxylation is 1. The van der Waals surface area contributed by atoms with Gasteiger partial charge in [0.1, 0.15) is 0 Å². The van der Waals surface area contributed by atoms with Gasteiger partial charge in [0.25, 0.3) is 0 Å². The molecule has 0 atom stereocenters. The molecule has 1 N–H and O–H groups in total. The Hall–Kier alpha value is -2.89. The highest BCUT2D eigenvalue weighted by molar-refractivity contribution is 5.82. The molecule has 0 spiro atoms. The zero-order valence-electron chi connectivity index (χ0n) is 12.4. The number of benzene rings is 2. The van der Waals surface area contributed by atoms with E-state index in [4.69, 9.17) is 0 Å². The third-order valence-corrected chi connectivity index (χ3v) is 3.17. The summed E-state index contributed by atoms with van der Waals surface area (Å²) in [4.78, 5) is 10.2. The normalized spacial score (nSPS) is 10.8. The first kappa shape index (κ1) is 15.5. The van der Waals surface area contributed by atoms with Gasteiger partial charge in [-0.2, -0.15) is 5.10 Å². The van der Waals surface area contributed by atoms with Crippen molar-refractivity contribution in [2.75, 3.05) is 11.6 Å². The zero-order valence-corrected chi connectivity index (χ0v) is 12.4. The highest BCUT2D eigenvalue weighted by atomic mass is 16.6. The van der Waals surface area contributed by atoms with Crippen LogP contribution in [0.5, 0.6) is 5.75 Å². The van der Waals surface area contributed by atoms with Crippen molar-refractivity contribution < 1.29 is 10.0 Å². The number of nitro benzene ring substituents is 1. The second-order valence-electron chi connectivity index (χ2n) is 4.80. The number of phenols is 1. The number of hydrogen-bond acceptors (Lipinski definition) is 5. The van der Waals surface area contributed by atoms with Crippen molar-refractivity contribution in [3.05, 3.63) is 63.7 Å². The van der Waals surface area contributed by atoms with Gasteiger partial charge in [-0.3, -0.25) is 15.1 Å². The molecule has 0 aliphatic rings. The van der Waals surface area contributed by atoms with E-state index in [1.807, 2.05) is 38.1 Å². The number of rotatable bonds is 5. The third kappa shape index (κ3) is 3.60. The summed E-state index contributed by atoms with van der Waals surface area (Å²) in [5.41, 5.74) is 2.33. The Labute approximate surface area is 128 Å². The van der Waals surface area contributed by atoms with Crippen LogP contribution in [0.4, 0.5) is 11.4 Å². The fourth-order valence-electron chi connectivity index (χ4n) is 1.95.